The van der Waals surface area contributed by atoms with Crippen molar-refractivity contribution in [2.24, 2.45) is 0 Å². The van der Waals surface area contributed by atoms with E-state index in [1.807, 2.05) is 13.0 Å². The van der Waals surface area contributed by atoms with Gasteiger partial charge in [-0.1, -0.05) is 24.3 Å². The Kier molecular flexibility index (Phi) is 4.11. The molecule has 0 saturated carbocycles. The summed E-state index contributed by atoms with van der Waals surface area (Å²) in [5.41, 5.74) is 11.8. The van der Waals surface area contributed by atoms with Crippen LogP contribution in [0.5, 0.6) is 0 Å². The summed E-state index contributed by atoms with van der Waals surface area (Å²) in [5.74, 6) is 0. The summed E-state index contributed by atoms with van der Waals surface area (Å²) in [5, 5.41) is 3.67. The van der Waals surface area contributed by atoms with Crippen LogP contribution in [0.4, 0.5) is 11.4 Å². The molecule has 3 nitrogen and oxygen atoms in total. The van der Waals surface area contributed by atoms with Crippen LogP contribution in [0, 0.1) is 0 Å². The molecule has 1 aliphatic rings. The van der Waals surface area contributed by atoms with Crippen LogP contribution in [-0.2, 0) is 17.8 Å². The van der Waals surface area contributed by atoms with Crippen molar-refractivity contribution in [1.82, 2.24) is 0 Å². The molecule has 0 spiro atoms. The van der Waals surface area contributed by atoms with E-state index in [0.717, 1.165) is 25.1 Å². The van der Waals surface area contributed by atoms with Crippen LogP contribution < -0.4 is 11.1 Å². The zero-order valence-electron chi connectivity index (χ0n) is 12.4. The molecular weight excluding hydrogens is 260 g/mol. The van der Waals surface area contributed by atoms with Crippen molar-refractivity contribution in [3.8, 4) is 0 Å². The molecule has 0 aromatic heterocycles. The molecule has 3 rings (SSSR count). The number of rotatable bonds is 5. The molecule has 110 valence electrons. The quantitative estimate of drug-likeness (QED) is 0.817. The first-order valence-corrected chi connectivity index (χ1v) is 7.58. The van der Waals surface area contributed by atoms with Crippen LogP contribution in [0.3, 0.4) is 0 Å². The van der Waals surface area contributed by atoms with Crippen molar-refractivity contribution in [3.05, 3.63) is 59.2 Å². The summed E-state index contributed by atoms with van der Waals surface area (Å²) >= 11 is 0. The van der Waals surface area contributed by atoms with E-state index in [0.29, 0.717) is 12.6 Å². The number of aryl methyl sites for hydroxylation is 1. The normalized spacial score (nSPS) is 16.7. The predicted octanol–water partition coefficient (Wildman–Crippen LogP) is 3.90. The van der Waals surface area contributed by atoms with Gasteiger partial charge in [0.05, 0.1) is 12.6 Å². The maximum absolute atomic E-state index is 5.87. The SMILES string of the molecule is CCOCc1ccccc1NC1CCc2cc(N)ccc21. The second-order valence-corrected chi connectivity index (χ2v) is 5.49. The Labute approximate surface area is 126 Å². The highest BCUT2D eigenvalue weighted by Crippen LogP contribution is 2.35. The lowest BCUT2D eigenvalue weighted by Gasteiger charge is -2.18. The van der Waals surface area contributed by atoms with Gasteiger partial charge in [0.1, 0.15) is 0 Å². The average molecular weight is 282 g/mol. The molecule has 3 heteroatoms. The lowest BCUT2D eigenvalue weighted by atomic mass is 10.1. The Balaban J connectivity index is 1.80. The molecule has 0 aliphatic heterocycles. The molecule has 0 amide bonds. The third kappa shape index (κ3) is 3.03. The fourth-order valence-electron chi connectivity index (χ4n) is 2.97. The first-order chi connectivity index (χ1) is 10.3. The lowest BCUT2D eigenvalue weighted by Crippen LogP contribution is -2.09. The maximum Gasteiger partial charge on any atom is 0.0736 e. The predicted molar refractivity (Wildman–Crippen MR) is 87.3 cm³/mol. The van der Waals surface area contributed by atoms with Gasteiger partial charge in [-0.25, -0.2) is 0 Å². The third-order valence-electron chi connectivity index (χ3n) is 4.05. The Morgan fingerprint density at radius 2 is 2.10 bits per heavy atom. The average Bonchev–Trinajstić information content (AvgIpc) is 2.88. The van der Waals surface area contributed by atoms with Gasteiger partial charge in [0, 0.05) is 23.5 Å². The zero-order chi connectivity index (χ0) is 14.7. The highest BCUT2D eigenvalue weighted by atomic mass is 16.5. The van der Waals surface area contributed by atoms with E-state index in [1.54, 1.807) is 0 Å². The van der Waals surface area contributed by atoms with Crippen LogP contribution in [0.25, 0.3) is 0 Å². The summed E-state index contributed by atoms with van der Waals surface area (Å²) in [4.78, 5) is 0. The van der Waals surface area contributed by atoms with Crippen LogP contribution in [0.15, 0.2) is 42.5 Å². The topological polar surface area (TPSA) is 47.3 Å². The molecule has 1 aliphatic carbocycles. The monoisotopic (exact) mass is 282 g/mol. The van der Waals surface area contributed by atoms with E-state index in [-0.39, 0.29) is 0 Å². The van der Waals surface area contributed by atoms with Crippen LogP contribution >= 0.6 is 0 Å². The molecular formula is C18H22N2O. The first kappa shape index (κ1) is 14.0. The van der Waals surface area contributed by atoms with E-state index < -0.39 is 0 Å². The van der Waals surface area contributed by atoms with Crippen molar-refractivity contribution in [2.45, 2.75) is 32.4 Å². The number of para-hydroxylation sites is 1. The van der Waals surface area contributed by atoms with Crippen molar-refractivity contribution in [2.75, 3.05) is 17.7 Å². The Morgan fingerprint density at radius 1 is 1.24 bits per heavy atom. The number of nitrogens with one attached hydrogen (secondary N) is 1. The Morgan fingerprint density at radius 3 is 2.95 bits per heavy atom. The second-order valence-electron chi connectivity index (χ2n) is 5.49. The Bertz CT molecular complexity index is 624. The van der Waals surface area contributed by atoms with Gasteiger partial charge in [-0.3, -0.25) is 0 Å². The summed E-state index contributed by atoms with van der Waals surface area (Å²) < 4.78 is 5.55. The minimum absolute atomic E-state index is 0.364. The molecule has 3 N–H and O–H groups in total. The molecule has 1 atom stereocenters. The molecule has 0 bridgehead atoms. The van der Waals surface area contributed by atoms with Gasteiger partial charge in [-0.15, -0.1) is 0 Å². The third-order valence-corrected chi connectivity index (χ3v) is 4.05. The van der Waals surface area contributed by atoms with Gasteiger partial charge < -0.3 is 15.8 Å². The molecule has 2 aromatic rings. The number of benzene rings is 2. The van der Waals surface area contributed by atoms with Crippen molar-refractivity contribution >= 4 is 11.4 Å². The number of hydrogen-bond acceptors (Lipinski definition) is 3. The highest BCUT2D eigenvalue weighted by Gasteiger charge is 2.22. The van der Waals surface area contributed by atoms with Crippen LogP contribution in [0.2, 0.25) is 0 Å². The minimum atomic E-state index is 0.364. The smallest absolute Gasteiger partial charge is 0.0736 e. The van der Waals surface area contributed by atoms with E-state index in [1.165, 1.54) is 22.4 Å². The fraction of sp³-hybridized carbons (Fsp3) is 0.333. The molecule has 0 fully saturated rings. The highest BCUT2D eigenvalue weighted by molar-refractivity contribution is 5.55. The lowest BCUT2D eigenvalue weighted by molar-refractivity contribution is 0.134. The molecule has 0 saturated heterocycles. The van der Waals surface area contributed by atoms with Gasteiger partial charge in [-0.2, -0.15) is 0 Å². The number of anilines is 2. The van der Waals surface area contributed by atoms with Crippen LogP contribution in [0.1, 0.15) is 36.1 Å². The maximum atomic E-state index is 5.87. The van der Waals surface area contributed by atoms with Crippen LogP contribution in [-0.4, -0.2) is 6.61 Å². The van der Waals surface area contributed by atoms with E-state index in [4.69, 9.17) is 10.5 Å². The fourth-order valence-corrected chi connectivity index (χ4v) is 2.97. The number of nitrogens with two attached hydrogens (primary N) is 1. The van der Waals surface area contributed by atoms with Gasteiger partial charge in [0.15, 0.2) is 0 Å². The van der Waals surface area contributed by atoms with Gasteiger partial charge in [0.25, 0.3) is 0 Å². The largest absolute Gasteiger partial charge is 0.399 e. The summed E-state index contributed by atoms with van der Waals surface area (Å²) in [6, 6.07) is 15.0. The molecule has 0 radical (unpaired) electrons. The molecule has 2 aromatic carbocycles. The summed E-state index contributed by atoms with van der Waals surface area (Å²) in [6.07, 6.45) is 2.20. The number of fused-ring (bicyclic) bond motifs is 1. The number of ether oxygens (including phenoxy) is 1. The first-order valence-electron chi connectivity index (χ1n) is 7.58. The molecule has 21 heavy (non-hydrogen) atoms. The summed E-state index contributed by atoms with van der Waals surface area (Å²) in [6.45, 7) is 3.41. The standard InChI is InChI=1S/C18H22N2O/c1-2-21-12-14-5-3-4-6-17(14)20-18-10-7-13-11-15(19)8-9-16(13)18/h3-6,8-9,11,18,20H,2,7,10,12,19H2,1H3. The van der Waals surface area contributed by atoms with Gasteiger partial charge in [0.2, 0.25) is 0 Å². The molecule has 1 unspecified atom stereocenters. The van der Waals surface area contributed by atoms with E-state index >= 15 is 0 Å². The minimum Gasteiger partial charge on any atom is -0.399 e. The van der Waals surface area contributed by atoms with E-state index in [9.17, 15) is 0 Å². The Hall–Kier alpha value is -2.00. The van der Waals surface area contributed by atoms with Crippen molar-refractivity contribution in [3.63, 3.8) is 0 Å². The number of hydrogen-bond donors (Lipinski definition) is 2. The zero-order valence-corrected chi connectivity index (χ0v) is 12.4. The second kappa shape index (κ2) is 6.19. The van der Waals surface area contributed by atoms with Crippen molar-refractivity contribution < 1.29 is 4.74 Å². The number of nitrogen functional groups attached to an aromatic ring is 1. The summed E-state index contributed by atoms with van der Waals surface area (Å²) in [7, 11) is 0. The van der Waals surface area contributed by atoms with Gasteiger partial charge in [-0.05, 0) is 49.1 Å². The van der Waals surface area contributed by atoms with Gasteiger partial charge >= 0.3 is 0 Å². The van der Waals surface area contributed by atoms with Crippen molar-refractivity contribution in [1.29, 1.82) is 0 Å². The van der Waals surface area contributed by atoms with E-state index in [2.05, 4.69) is 41.7 Å². The molecule has 0 heterocycles.